The maximum Gasteiger partial charge on any atom is 0.274 e. The molecule has 2 aromatic heterocycles. The van der Waals surface area contributed by atoms with Gasteiger partial charge < -0.3 is 9.64 Å². The number of nitrogens with zero attached hydrogens (tertiary/aromatic N) is 4. The number of amides is 1. The molecule has 0 bridgehead atoms. The molecule has 0 aromatic carbocycles. The van der Waals surface area contributed by atoms with Crippen LogP contribution in [0.3, 0.4) is 0 Å². The molecule has 0 saturated carbocycles. The molecule has 1 aliphatic heterocycles. The third kappa shape index (κ3) is 3.38. The molecule has 1 saturated heterocycles. The zero-order valence-electron chi connectivity index (χ0n) is 15.3. The van der Waals surface area contributed by atoms with Gasteiger partial charge in [0.05, 0.1) is 6.61 Å². The largest absolute Gasteiger partial charge is 0.384 e. The Balaban J connectivity index is 1.45. The lowest BCUT2D eigenvalue weighted by Gasteiger charge is -2.31. The molecule has 0 radical (unpaired) electrons. The van der Waals surface area contributed by atoms with Crippen molar-refractivity contribution in [3.63, 3.8) is 0 Å². The zero-order valence-corrected chi connectivity index (χ0v) is 15.3. The van der Waals surface area contributed by atoms with Gasteiger partial charge in [-0.15, -0.1) is 0 Å². The molecule has 8 heteroatoms. The second-order valence-electron chi connectivity index (χ2n) is 7.21. The summed E-state index contributed by atoms with van der Waals surface area (Å²) in [5, 5.41) is 14.8. The Hall–Kier alpha value is -2.22. The van der Waals surface area contributed by atoms with E-state index in [1.165, 1.54) is 6.42 Å². The molecule has 0 spiro atoms. The highest BCUT2D eigenvalue weighted by Gasteiger charge is 2.31. The van der Waals surface area contributed by atoms with Gasteiger partial charge in [0, 0.05) is 43.8 Å². The molecule has 1 amide bonds. The first-order valence-corrected chi connectivity index (χ1v) is 9.51. The summed E-state index contributed by atoms with van der Waals surface area (Å²) in [6.45, 7) is 2.05. The molecule has 26 heavy (non-hydrogen) atoms. The van der Waals surface area contributed by atoms with Crippen molar-refractivity contribution in [3.8, 4) is 0 Å². The number of ether oxygens (including phenoxy) is 1. The maximum atomic E-state index is 13.0. The predicted molar refractivity (Wildman–Crippen MR) is 95.1 cm³/mol. The number of H-pyrrole nitrogens is 2. The SMILES string of the molecule is COCCc1nc([C@H]2CCCN(C(=O)c3n[nH]c4c3CCCC4)C2)n[nH]1. The normalized spacial score (nSPS) is 20.2. The Bertz CT molecular complexity index is 768. The van der Waals surface area contributed by atoms with Gasteiger partial charge in [0.25, 0.3) is 5.91 Å². The van der Waals surface area contributed by atoms with Gasteiger partial charge in [-0.3, -0.25) is 15.0 Å². The van der Waals surface area contributed by atoms with E-state index in [2.05, 4.69) is 25.4 Å². The minimum atomic E-state index is 0.0456. The number of nitrogens with one attached hydrogen (secondary N) is 2. The first-order valence-electron chi connectivity index (χ1n) is 9.51. The summed E-state index contributed by atoms with van der Waals surface area (Å²) >= 11 is 0. The third-order valence-electron chi connectivity index (χ3n) is 5.42. The number of carbonyl (C=O) groups is 1. The second-order valence-corrected chi connectivity index (χ2v) is 7.21. The molecule has 0 unspecified atom stereocenters. The van der Waals surface area contributed by atoms with Crippen LogP contribution in [-0.2, 0) is 24.0 Å². The van der Waals surface area contributed by atoms with Crippen LogP contribution >= 0.6 is 0 Å². The molecule has 4 rings (SSSR count). The predicted octanol–water partition coefficient (Wildman–Crippen LogP) is 1.62. The summed E-state index contributed by atoms with van der Waals surface area (Å²) in [7, 11) is 1.68. The number of methoxy groups -OCH3 is 1. The number of aromatic nitrogens is 5. The monoisotopic (exact) mass is 358 g/mol. The highest BCUT2D eigenvalue weighted by atomic mass is 16.5. The van der Waals surface area contributed by atoms with Crippen molar-refractivity contribution in [1.29, 1.82) is 0 Å². The van der Waals surface area contributed by atoms with Crippen molar-refractivity contribution in [2.75, 3.05) is 26.8 Å². The van der Waals surface area contributed by atoms with Crippen molar-refractivity contribution in [2.45, 2.75) is 50.9 Å². The summed E-state index contributed by atoms with van der Waals surface area (Å²) in [6, 6.07) is 0. The average Bonchev–Trinajstić information content (AvgIpc) is 3.33. The van der Waals surface area contributed by atoms with Crippen LogP contribution in [0.15, 0.2) is 0 Å². The van der Waals surface area contributed by atoms with E-state index in [0.717, 1.165) is 68.0 Å². The number of fused-ring (bicyclic) bond motifs is 1. The van der Waals surface area contributed by atoms with Gasteiger partial charge in [-0.05, 0) is 38.5 Å². The fraction of sp³-hybridized carbons (Fsp3) is 0.667. The first kappa shape index (κ1) is 17.2. The lowest BCUT2D eigenvalue weighted by molar-refractivity contribution is 0.0697. The fourth-order valence-electron chi connectivity index (χ4n) is 3.98. The van der Waals surface area contributed by atoms with Crippen molar-refractivity contribution in [3.05, 3.63) is 28.6 Å². The van der Waals surface area contributed by atoms with Crippen molar-refractivity contribution in [1.82, 2.24) is 30.3 Å². The Morgan fingerprint density at radius 1 is 1.23 bits per heavy atom. The van der Waals surface area contributed by atoms with Gasteiger partial charge in [-0.1, -0.05) is 0 Å². The molecule has 2 aromatic rings. The van der Waals surface area contributed by atoms with Gasteiger partial charge >= 0.3 is 0 Å². The summed E-state index contributed by atoms with van der Waals surface area (Å²) in [5.41, 5.74) is 2.89. The topological polar surface area (TPSA) is 99.8 Å². The zero-order chi connectivity index (χ0) is 17.9. The van der Waals surface area contributed by atoms with Crippen LogP contribution < -0.4 is 0 Å². The van der Waals surface area contributed by atoms with Gasteiger partial charge in [0.2, 0.25) is 0 Å². The number of aryl methyl sites for hydroxylation is 1. The summed E-state index contributed by atoms with van der Waals surface area (Å²) in [6.07, 6.45) is 6.95. The molecular formula is C18H26N6O2. The minimum Gasteiger partial charge on any atom is -0.384 e. The molecule has 2 aliphatic rings. The van der Waals surface area contributed by atoms with Crippen LogP contribution in [0.5, 0.6) is 0 Å². The summed E-state index contributed by atoms with van der Waals surface area (Å²) in [5.74, 6) is 1.86. The van der Waals surface area contributed by atoms with Gasteiger partial charge in [-0.2, -0.15) is 10.2 Å². The third-order valence-corrected chi connectivity index (χ3v) is 5.42. The van der Waals surface area contributed by atoms with Crippen LogP contribution in [0.4, 0.5) is 0 Å². The van der Waals surface area contributed by atoms with Crippen molar-refractivity contribution < 1.29 is 9.53 Å². The van der Waals surface area contributed by atoms with Gasteiger partial charge in [0.15, 0.2) is 11.5 Å². The van der Waals surface area contributed by atoms with E-state index in [0.29, 0.717) is 18.8 Å². The van der Waals surface area contributed by atoms with E-state index in [9.17, 15) is 4.79 Å². The molecular weight excluding hydrogens is 332 g/mol. The van der Waals surface area contributed by atoms with Crippen LogP contribution in [0.25, 0.3) is 0 Å². The summed E-state index contributed by atoms with van der Waals surface area (Å²) in [4.78, 5) is 19.5. The Kier molecular flexibility index (Phi) is 5.01. The molecule has 1 aliphatic carbocycles. The van der Waals surface area contributed by atoms with E-state index in [4.69, 9.17) is 4.74 Å². The number of hydrogen-bond donors (Lipinski definition) is 2. The van der Waals surface area contributed by atoms with Gasteiger partial charge in [-0.25, -0.2) is 4.98 Å². The van der Waals surface area contributed by atoms with Crippen LogP contribution in [0, 0.1) is 0 Å². The fourth-order valence-corrected chi connectivity index (χ4v) is 3.98. The molecule has 1 atom stereocenters. The first-order chi connectivity index (χ1) is 12.8. The number of rotatable bonds is 5. The van der Waals surface area contributed by atoms with Crippen LogP contribution in [0.1, 0.15) is 65.0 Å². The van der Waals surface area contributed by atoms with Crippen molar-refractivity contribution >= 4 is 5.91 Å². The smallest absolute Gasteiger partial charge is 0.274 e. The quantitative estimate of drug-likeness (QED) is 0.846. The van der Waals surface area contributed by atoms with Crippen LogP contribution in [0.2, 0.25) is 0 Å². The maximum absolute atomic E-state index is 13.0. The molecule has 140 valence electrons. The van der Waals surface area contributed by atoms with E-state index < -0.39 is 0 Å². The lowest BCUT2D eigenvalue weighted by atomic mass is 9.94. The molecule has 3 heterocycles. The highest BCUT2D eigenvalue weighted by Crippen LogP contribution is 2.28. The van der Waals surface area contributed by atoms with Crippen molar-refractivity contribution in [2.24, 2.45) is 0 Å². The number of piperidine rings is 1. The Morgan fingerprint density at radius 2 is 2.12 bits per heavy atom. The number of aromatic amines is 2. The lowest BCUT2D eigenvalue weighted by Crippen LogP contribution is -2.40. The number of carbonyl (C=O) groups excluding carboxylic acids is 1. The number of likely N-dealkylation sites (tertiary alicyclic amines) is 1. The van der Waals surface area contributed by atoms with Crippen LogP contribution in [-0.4, -0.2) is 63.0 Å². The summed E-state index contributed by atoms with van der Waals surface area (Å²) < 4.78 is 5.09. The number of hydrogen-bond acceptors (Lipinski definition) is 5. The molecule has 2 N–H and O–H groups in total. The van der Waals surface area contributed by atoms with E-state index in [1.54, 1.807) is 7.11 Å². The Morgan fingerprint density at radius 3 is 3.00 bits per heavy atom. The average molecular weight is 358 g/mol. The standard InChI is InChI=1S/C18H26N6O2/c1-26-10-8-15-19-17(23-21-15)12-5-4-9-24(11-12)18(25)16-13-6-2-3-7-14(13)20-22-16/h12H,2-11H2,1H3,(H,20,22)(H,19,21,23)/t12-/m0/s1. The van der Waals surface area contributed by atoms with E-state index >= 15 is 0 Å². The minimum absolute atomic E-state index is 0.0456. The Labute approximate surface area is 152 Å². The van der Waals surface area contributed by atoms with Gasteiger partial charge in [0.1, 0.15) is 5.82 Å². The molecule has 8 nitrogen and oxygen atoms in total. The van der Waals surface area contributed by atoms with E-state index in [-0.39, 0.29) is 11.8 Å². The second kappa shape index (κ2) is 7.57. The molecule has 1 fully saturated rings. The van der Waals surface area contributed by atoms with E-state index in [1.807, 2.05) is 4.90 Å². The highest BCUT2D eigenvalue weighted by molar-refractivity contribution is 5.94.